The molecule has 2 rings (SSSR count). The molecule has 1 aromatic carbocycles. The molecule has 0 spiro atoms. The first-order valence-electron chi connectivity index (χ1n) is 5.71. The van der Waals surface area contributed by atoms with Crippen molar-refractivity contribution in [1.82, 2.24) is 0 Å². The fourth-order valence-corrected chi connectivity index (χ4v) is 3.86. The molecule has 1 aliphatic heterocycles. The first kappa shape index (κ1) is 14.1. The van der Waals surface area contributed by atoms with Crippen LogP contribution >= 0.6 is 39.9 Å². The fraction of sp³-hybridized carbons (Fsp3) is 0.417. The van der Waals surface area contributed by atoms with E-state index in [0.717, 1.165) is 12.2 Å². The number of anilines is 1. The Labute approximate surface area is 124 Å². The third-order valence-electron chi connectivity index (χ3n) is 2.87. The lowest BCUT2D eigenvalue weighted by atomic mass is 10.1. The molecule has 1 unspecified atom stereocenters. The summed E-state index contributed by atoms with van der Waals surface area (Å²) in [6.45, 7) is 0. The van der Waals surface area contributed by atoms with Crippen molar-refractivity contribution in [2.24, 2.45) is 5.73 Å². The topological polar surface area (TPSA) is 38.0 Å². The maximum atomic E-state index is 14.1. The lowest BCUT2D eigenvalue weighted by molar-refractivity contribution is 0.614. The van der Waals surface area contributed by atoms with Crippen LogP contribution in [0.25, 0.3) is 0 Å². The van der Waals surface area contributed by atoms with Gasteiger partial charge in [-0.3, -0.25) is 0 Å². The van der Waals surface area contributed by atoms with Crippen LogP contribution in [0.5, 0.6) is 0 Å². The van der Waals surface area contributed by atoms with Crippen LogP contribution in [0.2, 0.25) is 0 Å². The Balaban J connectivity index is 2.18. The van der Waals surface area contributed by atoms with Crippen LogP contribution < -0.4 is 11.1 Å². The van der Waals surface area contributed by atoms with Crippen LogP contribution in [-0.4, -0.2) is 22.5 Å². The van der Waals surface area contributed by atoms with Gasteiger partial charge in [0.15, 0.2) is 5.82 Å². The average molecular weight is 349 g/mol. The summed E-state index contributed by atoms with van der Waals surface area (Å²) < 4.78 is 14.5. The minimum atomic E-state index is -0.323. The van der Waals surface area contributed by atoms with E-state index in [2.05, 4.69) is 21.2 Å². The van der Waals surface area contributed by atoms with Crippen molar-refractivity contribution in [3.8, 4) is 0 Å². The van der Waals surface area contributed by atoms with Gasteiger partial charge in [-0.2, -0.15) is 11.8 Å². The quantitative estimate of drug-likeness (QED) is 0.819. The molecule has 1 atom stereocenters. The van der Waals surface area contributed by atoms with Crippen molar-refractivity contribution in [1.29, 1.82) is 0 Å². The van der Waals surface area contributed by atoms with E-state index in [4.69, 9.17) is 18.0 Å². The Morgan fingerprint density at radius 3 is 2.94 bits per heavy atom. The molecule has 3 N–H and O–H groups in total. The molecule has 1 saturated heterocycles. The fourth-order valence-electron chi connectivity index (χ4n) is 1.93. The van der Waals surface area contributed by atoms with E-state index < -0.39 is 0 Å². The van der Waals surface area contributed by atoms with Crippen LogP contribution in [0.15, 0.2) is 16.6 Å². The maximum absolute atomic E-state index is 14.1. The number of thiocarbonyl (C=S) groups is 1. The highest BCUT2D eigenvalue weighted by atomic mass is 79.9. The van der Waals surface area contributed by atoms with E-state index in [-0.39, 0.29) is 10.8 Å². The first-order valence-corrected chi connectivity index (χ1v) is 8.07. The summed E-state index contributed by atoms with van der Waals surface area (Å²) in [4.78, 5) is 0.195. The summed E-state index contributed by atoms with van der Waals surface area (Å²) in [5.74, 6) is 1.90. The minimum absolute atomic E-state index is 0.195. The van der Waals surface area contributed by atoms with Gasteiger partial charge in [-0.05, 0) is 46.7 Å². The Bertz CT molecular complexity index is 462. The molecule has 0 amide bonds. The third-order valence-corrected chi connectivity index (χ3v) is 5.08. The van der Waals surface area contributed by atoms with Gasteiger partial charge >= 0.3 is 0 Å². The number of rotatable bonds is 3. The lowest BCUT2D eigenvalue weighted by Crippen LogP contribution is -2.26. The molecule has 6 heteroatoms. The summed E-state index contributed by atoms with van der Waals surface area (Å²) >= 11 is 9.98. The van der Waals surface area contributed by atoms with Crippen molar-refractivity contribution in [2.75, 3.05) is 16.8 Å². The van der Waals surface area contributed by atoms with Crippen molar-refractivity contribution in [3.05, 3.63) is 28.0 Å². The zero-order chi connectivity index (χ0) is 13.1. The second-order valence-corrected chi connectivity index (χ2v) is 6.59. The molecule has 0 saturated carbocycles. The molecule has 1 fully saturated rings. The second kappa shape index (κ2) is 6.21. The normalized spacial score (nSPS) is 19.6. The van der Waals surface area contributed by atoms with Crippen molar-refractivity contribution >= 4 is 50.6 Å². The molecule has 2 nitrogen and oxygen atoms in total. The van der Waals surface area contributed by atoms with Gasteiger partial charge in [0, 0.05) is 17.4 Å². The minimum Gasteiger partial charge on any atom is -0.389 e. The zero-order valence-electron chi connectivity index (χ0n) is 9.71. The summed E-state index contributed by atoms with van der Waals surface area (Å²) in [6, 6.07) is 3.78. The van der Waals surface area contributed by atoms with Gasteiger partial charge in [0.25, 0.3) is 0 Å². The van der Waals surface area contributed by atoms with Gasteiger partial charge in [-0.15, -0.1) is 0 Å². The maximum Gasteiger partial charge on any atom is 0.161 e. The smallest absolute Gasteiger partial charge is 0.161 e. The predicted octanol–water partition coefficient (Wildman–Crippen LogP) is 3.53. The number of halogens is 2. The predicted molar refractivity (Wildman–Crippen MR) is 84.0 cm³/mol. The molecule has 1 heterocycles. The number of thioether (sulfide) groups is 1. The molecule has 0 aromatic heterocycles. The second-order valence-electron chi connectivity index (χ2n) is 4.21. The van der Waals surface area contributed by atoms with Gasteiger partial charge in [-0.25, -0.2) is 4.39 Å². The molecule has 18 heavy (non-hydrogen) atoms. The highest BCUT2D eigenvalue weighted by Crippen LogP contribution is 2.29. The highest BCUT2D eigenvalue weighted by Gasteiger charge is 2.17. The summed E-state index contributed by atoms with van der Waals surface area (Å²) in [5, 5.41) is 3.25. The van der Waals surface area contributed by atoms with E-state index in [1.54, 1.807) is 12.1 Å². The molecule has 1 aromatic rings. The van der Waals surface area contributed by atoms with E-state index in [1.807, 2.05) is 11.8 Å². The van der Waals surface area contributed by atoms with Gasteiger partial charge < -0.3 is 11.1 Å². The summed E-state index contributed by atoms with van der Waals surface area (Å²) in [7, 11) is 0. The van der Waals surface area contributed by atoms with Crippen LogP contribution in [0.4, 0.5) is 10.1 Å². The first-order chi connectivity index (χ1) is 8.59. The average Bonchev–Trinajstić information content (AvgIpc) is 2.36. The number of hydrogen-bond donors (Lipinski definition) is 2. The molecular formula is C12H14BrFN2S2. The van der Waals surface area contributed by atoms with Gasteiger partial charge in [-0.1, -0.05) is 12.2 Å². The monoisotopic (exact) mass is 348 g/mol. The Kier molecular flexibility index (Phi) is 4.86. The highest BCUT2D eigenvalue weighted by molar-refractivity contribution is 9.10. The van der Waals surface area contributed by atoms with Gasteiger partial charge in [0.05, 0.1) is 10.2 Å². The SMILES string of the molecule is NC(=S)c1ccc(NC2CCCSC2)c(F)c1Br. The zero-order valence-corrected chi connectivity index (χ0v) is 12.9. The molecule has 0 radical (unpaired) electrons. The largest absolute Gasteiger partial charge is 0.389 e. The number of hydrogen-bond acceptors (Lipinski definition) is 3. The van der Waals surface area contributed by atoms with Crippen LogP contribution in [0.1, 0.15) is 18.4 Å². The van der Waals surface area contributed by atoms with Crippen molar-refractivity contribution < 1.29 is 4.39 Å². The molecule has 1 aliphatic rings. The lowest BCUT2D eigenvalue weighted by Gasteiger charge is -2.24. The van der Waals surface area contributed by atoms with Gasteiger partial charge in [0.1, 0.15) is 4.99 Å². The molecule has 0 aliphatic carbocycles. The van der Waals surface area contributed by atoms with Gasteiger partial charge in [0.2, 0.25) is 0 Å². The molecular weight excluding hydrogens is 335 g/mol. The Hall–Kier alpha value is -0.330. The summed E-state index contributed by atoms with van der Waals surface area (Å²) in [6.07, 6.45) is 2.26. The van der Waals surface area contributed by atoms with Crippen molar-refractivity contribution in [2.45, 2.75) is 18.9 Å². The third kappa shape index (κ3) is 3.16. The Morgan fingerprint density at radius 1 is 1.56 bits per heavy atom. The number of nitrogens with two attached hydrogens (primary N) is 1. The summed E-state index contributed by atoms with van der Waals surface area (Å²) in [5.41, 5.74) is 6.57. The Morgan fingerprint density at radius 2 is 2.33 bits per heavy atom. The molecule has 0 bridgehead atoms. The van der Waals surface area contributed by atoms with E-state index >= 15 is 0 Å². The van der Waals surface area contributed by atoms with E-state index in [1.165, 1.54) is 12.2 Å². The number of nitrogens with one attached hydrogen (secondary N) is 1. The van der Waals surface area contributed by atoms with Crippen molar-refractivity contribution in [3.63, 3.8) is 0 Å². The van der Waals surface area contributed by atoms with Crippen LogP contribution in [0.3, 0.4) is 0 Å². The van der Waals surface area contributed by atoms with Crippen LogP contribution in [0, 0.1) is 5.82 Å². The van der Waals surface area contributed by atoms with E-state index in [0.29, 0.717) is 21.8 Å². The van der Waals surface area contributed by atoms with Crippen LogP contribution in [-0.2, 0) is 0 Å². The molecule has 98 valence electrons. The number of benzene rings is 1. The van der Waals surface area contributed by atoms with E-state index in [9.17, 15) is 4.39 Å². The standard InChI is InChI=1S/C12H14BrFN2S2/c13-10-8(12(15)17)3-4-9(11(10)14)16-7-2-1-5-18-6-7/h3-4,7,16H,1-2,5-6H2,(H2,15,17).